The lowest BCUT2D eigenvalue weighted by Crippen LogP contribution is -1.95. The molecular formula is C125H142. The number of rotatable bonds is 2. The van der Waals surface area contributed by atoms with Gasteiger partial charge in [-0.05, 0) is 203 Å². The second kappa shape index (κ2) is 58.1. The Hall–Kier alpha value is -13.0. The van der Waals surface area contributed by atoms with Crippen LogP contribution in [0.15, 0.2) is 413 Å². The molecule has 22 aromatic carbocycles. The Balaban J connectivity index is 0.000000259. The summed E-state index contributed by atoms with van der Waals surface area (Å²) in [7, 11) is 0. The molecule has 0 nitrogen and oxygen atoms in total. The van der Waals surface area contributed by atoms with Crippen LogP contribution in [-0.4, -0.2) is 0 Å². The standard InChI is InChI=1S/C29H20.C18H12.C16H10.2C14H10.C10H8.12C2H6/c1-5-13-24-20(9-1)17-21-10-2-6-14-25(21)28(24)19-29-26-15-7-3-11-22(26)18-23-12-4-8-16-27(23)29;1-3-7-15-13(5-1)9-11-18-16-8-4-2-6-14(16)10-12-17(15)18;1-3-11-7-9-13-5-2-6-14-10-8-12(4-1)15(11)16(13)14;1-3-7-13-11(5-1)9-10-12-6-2-4-8-14(12)13;1-2-6-12-10-14-8-4-3-7-13(14)9-11(12)5-1;1-2-6-10-8-4-3-7-9(10)5-1;12*1-2/h1-18H,19H2;1-12H;1-10H;2*1-10H;1-8H;12*1-2H3. The van der Waals surface area contributed by atoms with Crippen molar-refractivity contribution in [3.63, 3.8) is 0 Å². The maximum absolute atomic E-state index is 2.31. The van der Waals surface area contributed by atoms with Crippen LogP contribution in [0.2, 0.25) is 0 Å². The molecule has 0 fully saturated rings. The van der Waals surface area contributed by atoms with Crippen molar-refractivity contribution in [2.75, 3.05) is 0 Å². The van der Waals surface area contributed by atoms with Crippen molar-refractivity contribution in [2.24, 2.45) is 0 Å². The molecule has 125 heavy (non-hydrogen) atoms. The van der Waals surface area contributed by atoms with Gasteiger partial charge in [-0.25, -0.2) is 0 Å². The molecule has 22 aromatic rings. The van der Waals surface area contributed by atoms with E-state index < -0.39 is 0 Å². The van der Waals surface area contributed by atoms with E-state index in [9.17, 15) is 0 Å². The highest BCUT2D eigenvalue weighted by Crippen LogP contribution is 2.38. The van der Waals surface area contributed by atoms with Crippen LogP contribution < -0.4 is 0 Å². The van der Waals surface area contributed by atoms with Gasteiger partial charge in [-0.15, -0.1) is 0 Å². The largest absolute Gasteiger partial charge is 0.0683 e. The Morgan fingerprint density at radius 3 is 0.472 bits per heavy atom. The van der Waals surface area contributed by atoms with Crippen LogP contribution in [0.5, 0.6) is 0 Å². The summed E-state index contributed by atoms with van der Waals surface area (Å²) in [5.74, 6) is 0. The Labute approximate surface area is 752 Å². The predicted octanol–water partition coefficient (Wildman–Crippen LogP) is 40.8. The summed E-state index contributed by atoms with van der Waals surface area (Å²) in [5, 5.41) is 39.9. The Morgan fingerprint density at radius 2 is 0.248 bits per heavy atom. The van der Waals surface area contributed by atoms with Crippen LogP contribution in [0.25, 0.3) is 162 Å². The molecule has 0 amide bonds. The van der Waals surface area contributed by atoms with Gasteiger partial charge in [-0.2, -0.15) is 0 Å². The van der Waals surface area contributed by atoms with Gasteiger partial charge < -0.3 is 0 Å². The van der Waals surface area contributed by atoms with Crippen molar-refractivity contribution in [1.82, 2.24) is 0 Å². The fourth-order valence-corrected chi connectivity index (χ4v) is 15.2. The van der Waals surface area contributed by atoms with Crippen molar-refractivity contribution in [1.29, 1.82) is 0 Å². The van der Waals surface area contributed by atoms with Gasteiger partial charge in [0.15, 0.2) is 0 Å². The van der Waals surface area contributed by atoms with E-state index in [1.54, 1.807) is 0 Å². The monoisotopic (exact) mass is 1640 g/mol. The average molecular weight is 1640 g/mol. The highest BCUT2D eigenvalue weighted by Gasteiger charge is 2.14. The van der Waals surface area contributed by atoms with Gasteiger partial charge >= 0.3 is 0 Å². The zero-order chi connectivity index (χ0) is 91.3. The Kier molecular flexibility index (Phi) is 47.7. The average Bonchev–Trinajstić information content (AvgIpc) is 0.690. The summed E-state index contributed by atoms with van der Waals surface area (Å²) in [5.41, 5.74) is 2.83. The van der Waals surface area contributed by atoms with Crippen molar-refractivity contribution in [3.8, 4) is 0 Å². The zero-order valence-corrected chi connectivity index (χ0v) is 80.0. The highest BCUT2D eigenvalue weighted by molar-refractivity contribution is 6.23. The van der Waals surface area contributed by atoms with Crippen molar-refractivity contribution in [2.45, 2.75) is 173 Å². The number of hydrogen-bond donors (Lipinski definition) is 0. The molecule has 0 aliphatic rings. The molecule has 0 aliphatic heterocycles. The quantitative estimate of drug-likeness (QED) is 0.120. The van der Waals surface area contributed by atoms with E-state index in [2.05, 4.69) is 413 Å². The molecule has 0 saturated carbocycles. The Morgan fingerprint density at radius 1 is 0.104 bits per heavy atom. The molecule has 0 radical (unpaired) electrons. The van der Waals surface area contributed by atoms with Crippen LogP contribution >= 0.6 is 0 Å². The molecule has 0 bridgehead atoms. The van der Waals surface area contributed by atoms with Crippen LogP contribution in [0, 0.1) is 0 Å². The summed E-state index contributed by atoms with van der Waals surface area (Å²) >= 11 is 0. The molecule has 0 aliphatic carbocycles. The van der Waals surface area contributed by atoms with Gasteiger partial charge in [-0.1, -0.05) is 554 Å². The summed E-state index contributed by atoms with van der Waals surface area (Å²) in [6, 6.07) is 147. The summed E-state index contributed by atoms with van der Waals surface area (Å²) in [4.78, 5) is 0. The lowest BCUT2D eigenvalue weighted by Gasteiger charge is -2.16. The van der Waals surface area contributed by atoms with Crippen LogP contribution in [-0.2, 0) is 6.42 Å². The minimum Gasteiger partial charge on any atom is -0.0683 e. The van der Waals surface area contributed by atoms with Crippen molar-refractivity contribution in [3.05, 3.63) is 424 Å². The molecule has 22 rings (SSSR count). The smallest absolute Gasteiger partial charge is 0.000112 e. The van der Waals surface area contributed by atoms with E-state index in [0.29, 0.717) is 0 Å². The molecular weight excluding hydrogens is 1500 g/mol. The third kappa shape index (κ3) is 26.3. The minimum atomic E-state index is 0.920. The lowest BCUT2D eigenvalue weighted by molar-refractivity contribution is 1.28. The van der Waals surface area contributed by atoms with Crippen LogP contribution in [0.4, 0.5) is 0 Å². The minimum absolute atomic E-state index is 0.920. The molecule has 0 saturated heterocycles. The maximum Gasteiger partial charge on any atom is -0.000112 e. The van der Waals surface area contributed by atoms with Gasteiger partial charge in [0.25, 0.3) is 0 Å². The first kappa shape index (κ1) is 103. The van der Waals surface area contributed by atoms with Crippen LogP contribution in [0.1, 0.15) is 177 Å². The first-order valence-corrected chi connectivity index (χ1v) is 47.0. The number of fused-ring (bicyclic) bond motifs is 15. The second-order valence-electron chi connectivity index (χ2n) is 26.1. The maximum atomic E-state index is 2.31. The van der Waals surface area contributed by atoms with Gasteiger partial charge in [0.05, 0.1) is 0 Å². The summed E-state index contributed by atoms with van der Waals surface area (Å²) < 4.78 is 0. The third-order valence-corrected chi connectivity index (χ3v) is 20.1. The van der Waals surface area contributed by atoms with Crippen molar-refractivity contribution >= 4 is 162 Å². The predicted molar refractivity (Wildman–Crippen MR) is 578 cm³/mol. The molecule has 0 aromatic heterocycles. The van der Waals surface area contributed by atoms with E-state index >= 15 is 0 Å². The first-order valence-electron chi connectivity index (χ1n) is 47.0. The fraction of sp³-hybridized carbons (Fsp3) is 0.200. The molecule has 0 spiro atoms. The van der Waals surface area contributed by atoms with E-state index in [-0.39, 0.29) is 0 Å². The SMILES string of the molecule is CC.CC.CC.CC.CC.CC.CC.CC.CC.CC.CC.CC.c1cc2ccc3cccc4ccc(c1)c2c34.c1ccc2c(Cc3c4ccccc4cc4ccccc34)c3ccccc3cc2c1.c1ccc2c(c1)ccc1c3ccccc3ccc21.c1ccc2c(c1)ccc1ccccc12.c1ccc2cc3ccccc3cc2c1.c1ccc2ccccc2c1. The summed E-state index contributed by atoms with van der Waals surface area (Å²) in [6.45, 7) is 48.0. The topological polar surface area (TPSA) is 0 Å². The number of benzene rings is 22. The normalized spacial score (nSPS) is 9.63. The van der Waals surface area contributed by atoms with Gasteiger partial charge in [0, 0.05) is 0 Å². The zero-order valence-electron chi connectivity index (χ0n) is 80.0. The molecule has 0 atom stereocenters. The van der Waals surface area contributed by atoms with E-state index in [4.69, 9.17) is 0 Å². The second-order valence-corrected chi connectivity index (χ2v) is 26.1. The molecule has 0 unspecified atom stereocenters. The van der Waals surface area contributed by atoms with E-state index in [0.717, 1.165) is 6.42 Å². The number of hydrogen-bond acceptors (Lipinski definition) is 0. The van der Waals surface area contributed by atoms with Crippen molar-refractivity contribution < 1.29 is 0 Å². The Bertz CT molecular complexity index is 6080. The molecule has 0 N–H and O–H groups in total. The molecule has 642 valence electrons. The van der Waals surface area contributed by atoms with E-state index in [1.807, 2.05) is 166 Å². The molecule has 0 heteroatoms. The lowest BCUT2D eigenvalue weighted by atomic mass is 9.88. The van der Waals surface area contributed by atoms with E-state index in [1.165, 1.54) is 173 Å². The van der Waals surface area contributed by atoms with Gasteiger partial charge in [-0.3, -0.25) is 0 Å². The van der Waals surface area contributed by atoms with Gasteiger partial charge in [0.2, 0.25) is 0 Å². The van der Waals surface area contributed by atoms with Crippen LogP contribution in [0.3, 0.4) is 0 Å². The highest BCUT2D eigenvalue weighted by atomic mass is 14.2. The first-order chi connectivity index (χ1) is 62.1. The van der Waals surface area contributed by atoms with Gasteiger partial charge in [0.1, 0.15) is 0 Å². The molecule has 0 heterocycles. The fourth-order valence-electron chi connectivity index (χ4n) is 15.2. The third-order valence-electron chi connectivity index (χ3n) is 20.1. The summed E-state index contributed by atoms with van der Waals surface area (Å²) in [6.07, 6.45) is 0.920.